The summed E-state index contributed by atoms with van der Waals surface area (Å²) in [7, 11) is 0. The Kier molecular flexibility index (Phi) is 4.99. The molecule has 3 heteroatoms. The summed E-state index contributed by atoms with van der Waals surface area (Å²) in [5, 5.41) is 9.12. The number of rotatable bonds is 5. The van der Waals surface area contributed by atoms with Crippen LogP contribution in [-0.4, -0.2) is 35.6 Å². The van der Waals surface area contributed by atoms with E-state index in [0.29, 0.717) is 11.3 Å². The third kappa shape index (κ3) is 4.66. The van der Waals surface area contributed by atoms with Gasteiger partial charge in [-0.05, 0) is 30.7 Å². The van der Waals surface area contributed by atoms with Crippen molar-refractivity contribution in [1.82, 2.24) is 4.90 Å². The number of hydrogen-bond donors (Lipinski definition) is 1. The van der Waals surface area contributed by atoms with E-state index in [1.54, 1.807) is 0 Å². The molecule has 0 aliphatic carbocycles. The minimum atomic E-state index is -0.628. The van der Waals surface area contributed by atoms with E-state index in [1.807, 2.05) is 0 Å². The van der Waals surface area contributed by atoms with Crippen LogP contribution in [0, 0.1) is 17.3 Å². The highest BCUT2D eigenvalue weighted by molar-refractivity contribution is 5.70. The quantitative estimate of drug-likeness (QED) is 0.804. The lowest BCUT2D eigenvalue weighted by Gasteiger charge is -2.36. The number of hydrogen-bond acceptors (Lipinski definition) is 2. The number of piperidine rings is 1. The van der Waals surface area contributed by atoms with Crippen LogP contribution in [0.25, 0.3) is 0 Å². The monoisotopic (exact) mass is 241 g/mol. The van der Waals surface area contributed by atoms with E-state index in [0.717, 1.165) is 32.5 Å². The fraction of sp³-hybridized carbons (Fsp3) is 0.929. The summed E-state index contributed by atoms with van der Waals surface area (Å²) in [5.74, 6) is -0.283. The minimum Gasteiger partial charge on any atom is -0.481 e. The van der Waals surface area contributed by atoms with Crippen molar-refractivity contribution < 1.29 is 9.90 Å². The van der Waals surface area contributed by atoms with Crippen LogP contribution in [0.1, 0.15) is 47.0 Å². The predicted octanol–water partition coefficient (Wildman–Crippen LogP) is 2.86. The second-order valence-corrected chi connectivity index (χ2v) is 6.40. The lowest BCUT2D eigenvalue weighted by molar-refractivity contribution is -0.144. The smallest absolute Gasteiger partial charge is 0.307 e. The Hall–Kier alpha value is -0.570. The van der Waals surface area contributed by atoms with Crippen LogP contribution in [0.5, 0.6) is 0 Å². The van der Waals surface area contributed by atoms with E-state index in [2.05, 4.69) is 32.6 Å². The molecule has 0 aromatic carbocycles. The lowest BCUT2D eigenvalue weighted by atomic mass is 9.85. The van der Waals surface area contributed by atoms with Gasteiger partial charge in [0, 0.05) is 13.1 Å². The van der Waals surface area contributed by atoms with Crippen LogP contribution in [0.4, 0.5) is 0 Å². The summed E-state index contributed by atoms with van der Waals surface area (Å²) >= 11 is 0. The lowest BCUT2D eigenvalue weighted by Crippen LogP contribution is -2.43. The maximum absolute atomic E-state index is 11.1. The van der Waals surface area contributed by atoms with Crippen LogP contribution >= 0.6 is 0 Å². The third-order valence-electron chi connectivity index (χ3n) is 4.15. The van der Waals surface area contributed by atoms with Gasteiger partial charge < -0.3 is 10.0 Å². The molecule has 3 nitrogen and oxygen atoms in total. The fourth-order valence-electron chi connectivity index (χ4n) is 2.46. The summed E-state index contributed by atoms with van der Waals surface area (Å²) in [6.07, 6.45) is 3.17. The van der Waals surface area contributed by atoms with Crippen LogP contribution < -0.4 is 0 Å². The average molecular weight is 241 g/mol. The van der Waals surface area contributed by atoms with Crippen molar-refractivity contribution in [2.24, 2.45) is 17.3 Å². The van der Waals surface area contributed by atoms with Gasteiger partial charge >= 0.3 is 5.97 Å². The summed E-state index contributed by atoms with van der Waals surface area (Å²) in [5.41, 5.74) is 0.374. The SMILES string of the molecule is CCC(C)(C)CCN1CC(C)CC(C(=O)O)C1. The number of nitrogens with zero attached hydrogens (tertiary/aromatic N) is 1. The number of likely N-dealkylation sites (tertiary alicyclic amines) is 1. The Morgan fingerprint density at radius 1 is 1.41 bits per heavy atom. The Bertz CT molecular complexity index is 263. The predicted molar refractivity (Wildman–Crippen MR) is 70.0 cm³/mol. The molecule has 1 fully saturated rings. The van der Waals surface area contributed by atoms with Crippen LogP contribution in [0.3, 0.4) is 0 Å². The summed E-state index contributed by atoms with van der Waals surface area (Å²) in [4.78, 5) is 13.4. The third-order valence-corrected chi connectivity index (χ3v) is 4.15. The van der Waals surface area contributed by atoms with Gasteiger partial charge in [-0.2, -0.15) is 0 Å². The summed E-state index contributed by atoms with van der Waals surface area (Å²) in [6, 6.07) is 0. The van der Waals surface area contributed by atoms with Crippen LogP contribution in [-0.2, 0) is 4.79 Å². The van der Waals surface area contributed by atoms with Gasteiger partial charge in [-0.15, -0.1) is 0 Å². The van der Waals surface area contributed by atoms with E-state index >= 15 is 0 Å². The van der Waals surface area contributed by atoms with Gasteiger partial charge in [-0.1, -0.05) is 34.1 Å². The first kappa shape index (κ1) is 14.5. The zero-order valence-electron chi connectivity index (χ0n) is 11.7. The van der Waals surface area contributed by atoms with E-state index in [4.69, 9.17) is 5.11 Å². The van der Waals surface area contributed by atoms with Crippen molar-refractivity contribution in [3.63, 3.8) is 0 Å². The van der Waals surface area contributed by atoms with Crippen molar-refractivity contribution in [2.75, 3.05) is 19.6 Å². The molecule has 2 atom stereocenters. The zero-order valence-corrected chi connectivity index (χ0v) is 11.7. The van der Waals surface area contributed by atoms with E-state index in [-0.39, 0.29) is 5.92 Å². The molecule has 0 radical (unpaired) electrons. The topological polar surface area (TPSA) is 40.5 Å². The molecule has 0 amide bonds. The molecule has 100 valence electrons. The van der Waals surface area contributed by atoms with Crippen LogP contribution in [0.2, 0.25) is 0 Å². The molecule has 1 N–H and O–H groups in total. The summed E-state index contributed by atoms with van der Waals surface area (Å²) < 4.78 is 0. The van der Waals surface area contributed by atoms with Gasteiger partial charge in [0.25, 0.3) is 0 Å². The van der Waals surface area contributed by atoms with E-state index < -0.39 is 5.97 Å². The maximum atomic E-state index is 11.1. The number of carbonyl (C=O) groups is 1. The molecule has 1 aliphatic heterocycles. The molecule has 0 spiro atoms. The maximum Gasteiger partial charge on any atom is 0.307 e. The van der Waals surface area contributed by atoms with Crippen molar-refractivity contribution in [3.05, 3.63) is 0 Å². The molecule has 0 saturated carbocycles. The minimum absolute atomic E-state index is 0.163. The highest BCUT2D eigenvalue weighted by Gasteiger charge is 2.29. The van der Waals surface area contributed by atoms with Gasteiger partial charge in [-0.25, -0.2) is 0 Å². The van der Waals surface area contributed by atoms with Crippen molar-refractivity contribution in [2.45, 2.75) is 47.0 Å². The first-order chi connectivity index (χ1) is 7.84. The van der Waals surface area contributed by atoms with E-state index in [9.17, 15) is 4.79 Å². The molecule has 0 bridgehead atoms. The standard InChI is InChI=1S/C14H27NO2/c1-5-14(3,4)6-7-15-9-11(2)8-12(10-15)13(16)17/h11-12H,5-10H2,1-4H3,(H,16,17). The molecule has 0 aromatic rings. The molecule has 2 unspecified atom stereocenters. The highest BCUT2D eigenvalue weighted by Crippen LogP contribution is 2.27. The molecule has 1 saturated heterocycles. The first-order valence-corrected chi connectivity index (χ1v) is 6.79. The summed E-state index contributed by atoms with van der Waals surface area (Å²) in [6.45, 7) is 11.8. The molecular weight excluding hydrogens is 214 g/mol. The molecule has 1 aliphatic rings. The van der Waals surface area contributed by atoms with Crippen LogP contribution in [0.15, 0.2) is 0 Å². The number of carboxylic acid groups (broad SMARTS) is 1. The van der Waals surface area contributed by atoms with Crippen molar-refractivity contribution >= 4 is 5.97 Å². The first-order valence-electron chi connectivity index (χ1n) is 6.79. The van der Waals surface area contributed by atoms with Gasteiger partial charge in [0.15, 0.2) is 0 Å². The van der Waals surface area contributed by atoms with Crippen molar-refractivity contribution in [3.8, 4) is 0 Å². The Labute approximate surface area is 105 Å². The van der Waals surface area contributed by atoms with Gasteiger partial charge in [0.05, 0.1) is 5.92 Å². The fourth-order valence-corrected chi connectivity index (χ4v) is 2.46. The van der Waals surface area contributed by atoms with Gasteiger partial charge in [0.2, 0.25) is 0 Å². The number of carboxylic acids is 1. The Morgan fingerprint density at radius 2 is 2.06 bits per heavy atom. The Balaban J connectivity index is 2.45. The normalized spacial score (nSPS) is 27.1. The molecule has 1 rings (SSSR count). The molecular formula is C14H27NO2. The van der Waals surface area contributed by atoms with Gasteiger partial charge in [-0.3, -0.25) is 4.79 Å². The molecule has 0 aromatic heterocycles. The second kappa shape index (κ2) is 5.85. The molecule has 17 heavy (non-hydrogen) atoms. The zero-order chi connectivity index (χ0) is 13.1. The van der Waals surface area contributed by atoms with E-state index in [1.165, 1.54) is 6.42 Å². The van der Waals surface area contributed by atoms with Crippen molar-refractivity contribution in [1.29, 1.82) is 0 Å². The highest BCUT2D eigenvalue weighted by atomic mass is 16.4. The largest absolute Gasteiger partial charge is 0.481 e. The second-order valence-electron chi connectivity index (χ2n) is 6.40. The van der Waals surface area contributed by atoms with Gasteiger partial charge in [0.1, 0.15) is 0 Å². The number of aliphatic carboxylic acids is 1. The average Bonchev–Trinajstić information content (AvgIpc) is 2.26. The molecule has 1 heterocycles. The Morgan fingerprint density at radius 3 is 2.59 bits per heavy atom.